The van der Waals surface area contributed by atoms with Crippen LogP contribution in [0.4, 0.5) is 0 Å². The highest BCUT2D eigenvalue weighted by molar-refractivity contribution is 9.10. The number of aliphatic carboxylic acids is 1. The molecule has 1 unspecified atom stereocenters. The van der Waals surface area contributed by atoms with Crippen LogP contribution in [0.3, 0.4) is 0 Å². The first-order chi connectivity index (χ1) is 8.58. The van der Waals surface area contributed by atoms with Gasteiger partial charge in [-0.05, 0) is 30.5 Å². The van der Waals surface area contributed by atoms with Gasteiger partial charge in [-0.2, -0.15) is 0 Å². The highest BCUT2D eigenvalue weighted by atomic mass is 79.9. The van der Waals surface area contributed by atoms with Crippen molar-refractivity contribution < 1.29 is 19.7 Å². The largest absolute Gasteiger partial charge is 0.493 e. The summed E-state index contributed by atoms with van der Waals surface area (Å²) < 4.78 is 6.45. The number of carboxylic acid groups (broad SMARTS) is 1. The number of aliphatic hydroxyl groups is 1. The minimum atomic E-state index is -0.835. The van der Waals surface area contributed by atoms with Gasteiger partial charge in [-0.1, -0.05) is 15.9 Å². The predicted octanol–water partition coefficient (Wildman–Crippen LogP) is 2.67. The fourth-order valence-corrected chi connectivity index (χ4v) is 2.67. The maximum absolute atomic E-state index is 10.4. The van der Waals surface area contributed by atoms with Crippen LogP contribution in [-0.4, -0.2) is 22.8 Å². The molecule has 0 saturated carbocycles. The van der Waals surface area contributed by atoms with E-state index in [-0.39, 0.29) is 6.42 Å². The van der Waals surface area contributed by atoms with Gasteiger partial charge in [0.2, 0.25) is 0 Å². The highest BCUT2D eigenvalue weighted by Gasteiger charge is 2.22. The van der Waals surface area contributed by atoms with Crippen LogP contribution in [0.15, 0.2) is 16.6 Å². The van der Waals surface area contributed by atoms with Crippen LogP contribution >= 0.6 is 15.9 Å². The molecule has 0 fully saturated rings. The molecule has 0 radical (unpaired) electrons. The van der Waals surface area contributed by atoms with E-state index in [1.54, 1.807) is 0 Å². The zero-order valence-corrected chi connectivity index (χ0v) is 11.4. The average Bonchev–Trinajstić information content (AvgIpc) is 2.74. The van der Waals surface area contributed by atoms with Gasteiger partial charge in [0.25, 0.3) is 0 Å². The van der Waals surface area contributed by atoms with Crippen LogP contribution in [0.25, 0.3) is 0 Å². The van der Waals surface area contributed by atoms with Gasteiger partial charge in [-0.25, -0.2) is 0 Å². The first-order valence-electron chi connectivity index (χ1n) is 5.93. The van der Waals surface area contributed by atoms with E-state index in [2.05, 4.69) is 15.9 Å². The molecule has 2 rings (SSSR count). The maximum Gasteiger partial charge on any atom is 0.303 e. The fourth-order valence-electron chi connectivity index (χ4n) is 2.15. The van der Waals surface area contributed by atoms with Crippen molar-refractivity contribution in [3.8, 4) is 5.75 Å². The number of hydrogen-bond donors (Lipinski definition) is 2. The Morgan fingerprint density at radius 3 is 3.00 bits per heavy atom. The molecule has 1 aliphatic rings. The Morgan fingerprint density at radius 1 is 1.50 bits per heavy atom. The smallest absolute Gasteiger partial charge is 0.303 e. The summed E-state index contributed by atoms with van der Waals surface area (Å²) in [5, 5.41) is 18.7. The monoisotopic (exact) mass is 314 g/mol. The molecule has 0 spiro atoms. The van der Waals surface area contributed by atoms with Crippen LogP contribution in [0, 0.1) is 0 Å². The van der Waals surface area contributed by atoms with E-state index in [0.717, 1.165) is 27.8 Å². The molecule has 18 heavy (non-hydrogen) atoms. The van der Waals surface area contributed by atoms with E-state index in [9.17, 15) is 9.90 Å². The molecule has 1 atom stereocenters. The Balaban J connectivity index is 2.10. The quantitative estimate of drug-likeness (QED) is 0.877. The van der Waals surface area contributed by atoms with Gasteiger partial charge < -0.3 is 14.9 Å². The third-order valence-corrected chi connectivity index (χ3v) is 3.46. The third-order valence-electron chi connectivity index (χ3n) is 3.00. The Hall–Kier alpha value is -1.07. The summed E-state index contributed by atoms with van der Waals surface area (Å²) in [4.78, 5) is 10.4. The van der Waals surface area contributed by atoms with Crippen molar-refractivity contribution >= 4 is 21.9 Å². The topological polar surface area (TPSA) is 66.8 Å². The van der Waals surface area contributed by atoms with E-state index in [0.29, 0.717) is 19.4 Å². The molecule has 2 N–H and O–H groups in total. The lowest BCUT2D eigenvalue weighted by atomic mass is 10.00. The van der Waals surface area contributed by atoms with Crippen molar-refractivity contribution in [2.45, 2.75) is 31.8 Å². The zero-order valence-electron chi connectivity index (χ0n) is 9.86. The SMILES string of the molecule is O=C(O)CCCC(O)c1cc(Br)cc2c1OCC2. The summed E-state index contributed by atoms with van der Waals surface area (Å²) in [6.07, 6.45) is 1.14. The molecule has 4 nitrogen and oxygen atoms in total. The van der Waals surface area contributed by atoms with Gasteiger partial charge in [0, 0.05) is 22.9 Å². The molecular weight excluding hydrogens is 300 g/mol. The Labute approximate surface area is 114 Å². The summed E-state index contributed by atoms with van der Waals surface area (Å²) in [5.41, 5.74) is 1.85. The van der Waals surface area contributed by atoms with Crippen molar-refractivity contribution in [1.82, 2.24) is 0 Å². The second-order valence-corrected chi connectivity index (χ2v) is 5.30. The molecule has 0 saturated heterocycles. The van der Waals surface area contributed by atoms with E-state index >= 15 is 0 Å². The Morgan fingerprint density at radius 2 is 2.28 bits per heavy atom. The lowest BCUT2D eigenvalue weighted by Gasteiger charge is -2.14. The van der Waals surface area contributed by atoms with Crippen LogP contribution in [0.1, 0.15) is 36.5 Å². The number of rotatable bonds is 5. The molecule has 0 amide bonds. The molecule has 1 aliphatic heterocycles. The minimum Gasteiger partial charge on any atom is -0.493 e. The zero-order chi connectivity index (χ0) is 13.1. The standard InChI is InChI=1S/C13H15BrO4/c14-9-6-8-4-5-18-13(8)10(7-9)11(15)2-1-3-12(16)17/h6-7,11,15H,1-5H2,(H,16,17). The molecule has 0 bridgehead atoms. The van der Waals surface area contributed by atoms with Gasteiger partial charge in [-0.15, -0.1) is 0 Å². The number of fused-ring (bicyclic) bond motifs is 1. The number of carboxylic acids is 1. The summed E-state index contributed by atoms with van der Waals surface area (Å²) in [7, 11) is 0. The normalized spacial score (nSPS) is 15.0. The van der Waals surface area contributed by atoms with Gasteiger partial charge in [0.1, 0.15) is 5.75 Å². The van der Waals surface area contributed by atoms with E-state index < -0.39 is 12.1 Å². The van der Waals surface area contributed by atoms with Crippen molar-refractivity contribution in [3.05, 3.63) is 27.7 Å². The lowest BCUT2D eigenvalue weighted by molar-refractivity contribution is -0.137. The summed E-state index contributed by atoms with van der Waals surface area (Å²) >= 11 is 3.41. The molecule has 98 valence electrons. The molecule has 0 aliphatic carbocycles. The van der Waals surface area contributed by atoms with Crippen molar-refractivity contribution in [1.29, 1.82) is 0 Å². The van der Waals surface area contributed by atoms with Crippen LogP contribution in [-0.2, 0) is 11.2 Å². The first kappa shape index (κ1) is 13.4. The van der Waals surface area contributed by atoms with E-state index in [1.807, 2.05) is 12.1 Å². The fraction of sp³-hybridized carbons (Fsp3) is 0.462. The number of carbonyl (C=O) groups is 1. The van der Waals surface area contributed by atoms with Crippen LogP contribution in [0.5, 0.6) is 5.75 Å². The second kappa shape index (κ2) is 5.71. The van der Waals surface area contributed by atoms with E-state index in [4.69, 9.17) is 9.84 Å². The Bertz CT molecular complexity index is 459. The minimum absolute atomic E-state index is 0.0775. The predicted molar refractivity (Wildman–Crippen MR) is 69.8 cm³/mol. The molecule has 1 aromatic carbocycles. The highest BCUT2D eigenvalue weighted by Crippen LogP contribution is 2.37. The van der Waals surface area contributed by atoms with Crippen molar-refractivity contribution in [2.75, 3.05) is 6.61 Å². The third kappa shape index (κ3) is 3.03. The van der Waals surface area contributed by atoms with E-state index in [1.165, 1.54) is 0 Å². The maximum atomic E-state index is 10.4. The van der Waals surface area contributed by atoms with Gasteiger partial charge in [0.15, 0.2) is 0 Å². The Kier molecular flexibility index (Phi) is 4.24. The number of halogens is 1. The molecule has 1 aromatic rings. The number of benzene rings is 1. The number of ether oxygens (including phenoxy) is 1. The van der Waals surface area contributed by atoms with Gasteiger partial charge in [-0.3, -0.25) is 4.79 Å². The molecule has 5 heteroatoms. The molecule has 0 aromatic heterocycles. The molecule has 1 heterocycles. The second-order valence-electron chi connectivity index (χ2n) is 4.38. The van der Waals surface area contributed by atoms with Crippen molar-refractivity contribution in [2.24, 2.45) is 0 Å². The van der Waals surface area contributed by atoms with Gasteiger partial charge in [0.05, 0.1) is 12.7 Å². The van der Waals surface area contributed by atoms with Crippen LogP contribution in [0.2, 0.25) is 0 Å². The number of aliphatic hydroxyl groups excluding tert-OH is 1. The van der Waals surface area contributed by atoms with Crippen molar-refractivity contribution in [3.63, 3.8) is 0 Å². The van der Waals surface area contributed by atoms with Gasteiger partial charge >= 0.3 is 5.97 Å². The summed E-state index contributed by atoms with van der Waals surface area (Å²) in [6.45, 7) is 0.640. The lowest BCUT2D eigenvalue weighted by Crippen LogP contribution is -2.02. The molecular formula is C13H15BrO4. The number of hydrogen-bond acceptors (Lipinski definition) is 3. The first-order valence-corrected chi connectivity index (χ1v) is 6.72. The van der Waals surface area contributed by atoms with Crippen LogP contribution < -0.4 is 4.74 Å². The summed E-state index contributed by atoms with van der Waals surface area (Å²) in [6, 6.07) is 3.84. The summed E-state index contributed by atoms with van der Waals surface area (Å²) in [5.74, 6) is -0.0704. The average molecular weight is 315 g/mol.